The quantitative estimate of drug-likeness (QED) is 0.920. The number of rotatable bonds is 2. The number of likely N-dealkylation sites (tertiary alicyclic amines) is 1. The summed E-state index contributed by atoms with van der Waals surface area (Å²) in [5, 5.41) is 18.1. The van der Waals surface area contributed by atoms with E-state index in [9.17, 15) is 0 Å². The van der Waals surface area contributed by atoms with Gasteiger partial charge in [-0.2, -0.15) is 10.4 Å². The van der Waals surface area contributed by atoms with Gasteiger partial charge in [-0.25, -0.2) is 0 Å². The summed E-state index contributed by atoms with van der Waals surface area (Å²) in [7, 11) is 0. The summed E-state index contributed by atoms with van der Waals surface area (Å²) in [4.78, 5) is 2.57. The summed E-state index contributed by atoms with van der Waals surface area (Å²) in [5.41, 5.74) is 3.82. The number of H-pyrrole nitrogens is 1. The molecule has 108 valence electrons. The van der Waals surface area contributed by atoms with Gasteiger partial charge in [-0.3, -0.25) is 10.00 Å². The number of nitrogens with one attached hydrogen (secondary N) is 1. The molecule has 1 aromatic heterocycles. The third kappa shape index (κ3) is 1.88. The van der Waals surface area contributed by atoms with Gasteiger partial charge in [0.05, 0.1) is 11.6 Å². The molecule has 1 N–H and O–H groups in total. The van der Waals surface area contributed by atoms with Gasteiger partial charge in [-0.05, 0) is 30.5 Å². The largest absolute Gasteiger partial charge is 0.299 e. The second-order valence-electron chi connectivity index (χ2n) is 6.37. The van der Waals surface area contributed by atoms with Gasteiger partial charge in [0, 0.05) is 42.4 Å². The molecule has 1 saturated heterocycles. The van der Waals surface area contributed by atoms with Crippen molar-refractivity contribution in [2.45, 2.75) is 38.1 Å². The van der Waals surface area contributed by atoms with Crippen LogP contribution in [0.25, 0.3) is 10.9 Å². The number of aromatic nitrogens is 2. The average Bonchev–Trinajstić information content (AvgIpc) is 2.92. The summed E-state index contributed by atoms with van der Waals surface area (Å²) >= 11 is 0. The van der Waals surface area contributed by atoms with Crippen LogP contribution in [0.1, 0.15) is 36.9 Å². The number of nitrogens with zero attached hydrogens (tertiary/aromatic N) is 3. The van der Waals surface area contributed by atoms with Crippen LogP contribution in [0.4, 0.5) is 0 Å². The van der Waals surface area contributed by atoms with Gasteiger partial charge in [-0.1, -0.05) is 19.1 Å². The topological polar surface area (TPSA) is 55.7 Å². The van der Waals surface area contributed by atoms with E-state index >= 15 is 0 Å². The third-order valence-corrected chi connectivity index (χ3v) is 5.30. The van der Waals surface area contributed by atoms with E-state index in [1.165, 1.54) is 16.6 Å². The normalized spacial score (nSPS) is 28.3. The average molecular weight is 280 g/mol. The molecule has 1 aliphatic heterocycles. The molecule has 0 bridgehead atoms. The maximum atomic E-state index is 9.07. The molecule has 4 nitrogen and oxygen atoms in total. The predicted molar refractivity (Wildman–Crippen MR) is 81.9 cm³/mol. The number of benzene rings is 1. The molecule has 0 spiro atoms. The molecule has 1 fully saturated rings. The molecule has 1 aliphatic carbocycles. The highest BCUT2D eigenvalue weighted by Gasteiger charge is 2.40. The Kier molecular flexibility index (Phi) is 2.97. The second-order valence-corrected chi connectivity index (χ2v) is 6.37. The molecule has 4 rings (SSSR count). The van der Waals surface area contributed by atoms with Crippen molar-refractivity contribution in [2.24, 2.45) is 5.92 Å². The van der Waals surface area contributed by atoms with Gasteiger partial charge in [0.25, 0.3) is 0 Å². The van der Waals surface area contributed by atoms with Gasteiger partial charge >= 0.3 is 0 Å². The first-order chi connectivity index (χ1) is 10.3. The first-order valence-electron chi connectivity index (χ1n) is 7.88. The third-order valence-electron chi connectivity index (χ3n) is 5.30. The van der Waals surface area contributed by atoms with E-state index in [1.807, 2.05) is 0 Å². The molecule has 3 atom stereocenters. The van der Waals surface area contributed by atoms with Crippen LogP contribution in [0.2, 0.25) is 0 Å². The standard InChI is InChI=1S/C17H20N4/c1-2-21-10-11(6-7-18)8-13-12-4-3-5-14-17(12)15(20-19-14)9-16(13)21/h3-5,11,13,16H,2,6,8-10H2,1H3,(H,19,20)/t11-,13-,16-/m1/s1. The van der Waals surface area contributed by atoms with Gasteiger partial charge in [-0.15, -0.1) is 0 Å². The first kappa shape index (κ1) is 12.8. The summed E-state index contributed by atoms with van der Waals surface area (Å²) in [6.07, 6.45) is 2.87. The molecule has 0 saturated carbocycles. The number of aromatic amines is 1. The molecule has 4 heteroatoms. The lowest BCUT2D eigenvalue weighted by atomic mass is 9.72. The molecule has 21 heavy (non-hydrogen) atoms. The van der Waals surface area contributed by atoms with Gasteiger partial charge in [0.15, 0.2) is 0 Å². The fourth-order valence-corrected chi connectivity index (χ4v) is 4.39. The minimum absolute atomic E-state index is 0.500. The van der Waals surface area contributed by atoms with Crippen LogP contribution in [-0.2, 0) is 6.42 Å². The summed E-state index contributed by atoms with van der Waals surface area (Å²) in [6.45, 7) is 4.35. The molecular weight excluding hydrogens is 260 g/mol. The van der Waals surface area contributed by atoms with Crippen molar-refractivity contribution < 1.29 is 0 Å². The molecule has 0 amide bonds. The molecule has 0 radical (unpaired) electrons. The van der Waals surface area contributed by atoms with Crippen LogP contribution in [0.5, 0.6) is 0 Å². The van der Waals surface area contributed by atoms with Crippen LogP contribution in [0.15, 0.2) is 18.2 Å². The Balaban J connectivity index is 1.80. The Labute approximate surface area is 124 Å². The van der Waals surface area contributed by atoms with Gasteiger partial charge < -0.3 is 0 Å². The Bertz CT molecular complexity index is 711. The maximum absolute atomic E-state index is 9.07. The fourth-order valence-electron chi connectivity index (χ4n) is 4.39. The lowest BCUT2D eigenvalue weighted by Gasteiger charge is -2.46. The van der Waals surface area contributed by atoms with Crippen molar-refractivity contribution >= 4 is 10.9 Å². The van der Waals surface area contributed by atoms with E-state index in [2.05, 4.69) is 46.3 Å². The van der Waals surface area contributed by atoms with E-state index in [-0.39, 0.29) is 0 Å². The summed E-state index contributed by atoms with van der Waals surface area (Å²) < 4.78 is 0. The van der Waals surface area contributed by atoms with E-state index in [4.69, 9.17) is 5.26 Å². The minimum Gasteiger partial charge on any atom is -0.299 e. The van der Waals surface area contributed by atoms with Crippen molar-refractivity contribution in [3.63, 3.8) is 0 Å². The highest BCUT2D eigenvalue weighted by Crippen LogP contribution is 2.44. The van der Waals surface area contributed by atoms with Crippen molar-refractivity contribution in [2.75, 3.05) is 13.1 Å². The lowest BCUT2D eigenvalue weighted by molar-refractivity contribution is 0.0910. The Morgan fingerprint density at radius 1 is 1.48 bits per heavy atom. The van der Waals surface area contributed by atoms with Crippen LogP contribution in [0, 0.1) is 17.2 Å². The van der Waals surface area contributed by atoms with Gasteiger partial charge in [0.1, 0.15) is 0 Å². The predicted octanol–water partition coefficient (Wildman–Crippen LogP) is 2.83. The highest BCUT2D eigenvalue weighted by atomic mass is 15.2. The minimum atomic E-state index is 0.500. The smallest absolute Gasteiger partial charge is 0.0926 e. The van der Waals surface area contributed by atoms with Crippen molar-refractivity contribution in [3.05, 3.63) is 29.5 Å². The Hall–Kier alpha value is -1.86. The summed E-state index contributed by atoms with van der Waals surface area (Å²) in [6, 6.07) is 9.40. The molecule has 2 heterocycles. The van der Waals surface area contributed by atoms with Crippen LogP contribution in [-0.4, -0.2) is 34.2 Å². The van der Waals surface area contributed by atoms with E-state index in [1.54, 1.807) is 0 Å². The lowest BCUT2D eigenvalue weighted by Crippen LogP contribution is -2.49. The number of hydrogen-bond donors (Lipinski definition) is 1. The molecule has 2 aromatic rings. The zero-order chi connectivity index (χ0) is 14.4. The van der Waals surface area contributed by atoms with Crippen molar-refractivity contribution in [3.8, 4) is 6.07 Å². The van der Waals surface area contributed by atoms with Crippen LogP contribution < -0.4 is 0 Å². The van der Waals surface area contributed by atoms with Crippen molar-refractivity contribution in [1.82, 2.24) is 15.1 Å². The molecule has 1 aromatic carbocycles. The SMILES string of the molecule is CCN1C[C@H](CC#N)C[C@@H]2c3cccc4n[nH]c(c34)C[C@H]21. The second kappa shape index (κ2) is 4.85. The molecular formula is C17H20N4. The number of piperidine rings is 1. The van der Waals surface area contributed by atoms with Crippen LogP contribution in [0.3, 0.4) is 0 Å². The zero-order valence-corrected chi connectivity index (χ0v) is 12.3. The van der Waals surface area contributed by atoms with Crippen LogP contribution >= 0.6 is 0 Å². The van der Waals surface area contributed by atoms with Gasteiger partial charge in [0.2, 0.25) is 0 Å². The Morgan fingerprint density at radius 3 is 3.19 bits per heavy atom. The monoisotopic (exact) mass is 280 g/mol. The summed E-state index contributed by atoms with van der Waals surface area (Å²) in [5.74, 6) is 1.05. The van der Waals surface area contributed by atoms with E-state index in [0.29, 0.717) is 24.3 Å². The van der Waals surface area contributed by atoms with E-state index < -0.39 is 0 Å². The first-order valence-corrected chi connectivity index (χ1v) is 7.88. The Morgan fingerprint density at radius 2 is 2.38 bits per heavy atom. The maximum Gasteiger partial charge on any atom is 0.0926 e. The molecule has 0 unspecified atom stereocenters. The number of likely N-dealkylation sites (N-methyl/N-ethyl adjacent to an activating group) is 1. The number of hydrogen-bond acceptors (Lipinski definition) is 3. The fraction of sp³-hybridized carbons (Fsp3) is 0.529. The zero-order valence-electron chi connectivity index (χ0n) is 12.3. The number of fused-ring (bicyclic) bond motifs is 2. The van der Waals surface area contributed by atoms with Crippen molar-refractivity contribution in [1.29, 1.82) is 5.26 Å². The molecule has 2 aliphatic rings. The number of nitriles is 1. The van der Waals surface area contributed by atoms with E-state index in [0.717, 1.165) is 31.4 Å². The highest BCUT2D eigenvalue weighted by molar-refractivity contribution is 5.86.